The van der Waals surface area contributed by atoms with Crippen LogP contribution < -0.4 is 5.32 Å². The molecule has 1 N–H and O–H groups in total. The first-order valence-electron chi connectivity index (χ1n) is 9.53. The lowest BCUT2D eigenvalue weighted by Gasteiger charge is -2.43. The molecular formula is C20H25FN2O3. The third-order valence-corrected chi connectivity index (χ3v) is 5.87. The van der Waals surface area contributed by atoms with Gasteiger partial charge in [0.05, 0.1) is 12.2 Å². The number of carbonyl (C=O) groups is 2. The van der Waals surface area contributed by atoms with Crippen LogP contribution in [-0.4, -0.2) is 41.1 Å². The minimum atomic E-state index is -0.794. The van der Waals surface area contributed by atoms with Gasteiger partial charge in [-0.15, -0.1) is 0 Å². The lowest BCUT2D eigenvalue weighted by atomic mass is 9.83. The Kier molecular flexibility index (Phi) is 4.47. The lowest BCUT2D eigenvalue weighted by Crippen LogP contribution is -2.57. The molecule has 0 bridgehead atoms. The largest absolute Gasteiger partial charge is 0.353 e. The average Bonchev–Trinajstić information content (AvgIpc) is 3.37. The number of ether oxygens (including phenoxy) is 1. The van der Waals surface area contributed by atoms with Crippen LogP contribution >= 0.6 is 0 Å². The first kappa shape index (κ1) is 17.5. The van der Waals surface area contributed by atoms with Crippen LogP contribution in [0.5, 0.6) is 0 Å². The molecule has 1 unspecified atom stereocenters. The van der Waals surface area contributed by atoms with Crippen molar-refractivity contribution in [3.8, 4) is 0 Å². The fourth-order valence-electron chi connectivity index (χ4n) is 4.07. The maximum atomic E-state index is 14.3. The van der Waals surface area contributed by atoms with Crippen molar-refractivity contribution in [2.45, 2.75) is 63.3 Å². The summed E-state index contributed by atoms with van der Waals surface area (Å²) in [5, 5.41) is 2.97. The van der Waals surface area contributed by atoms with Gasteiger partial charge in [0.2, 0.25) is 5.91 Å². The molecule has 5 nitrogen and oxygen atoms in total. The van der Waals surface area contributed by atoms with E-state index >= 15 is 0 Å². The lowest BCUT2D eigenvalue weighted by molar-refractivity contribution is -0.128. The van der Waals surface area contributed by atoms with Gasteiger partial charge in [0, 0.05) is 6.04 Å². The van der Waals surface area contributed by atoms with Crippen LogP contribution in [-0.2, 0) is 9.53 Å². The van der Waals surface area contributed by atoms with Crippen molar-refractivity contribution in [1.82, 2.24) is 10.2 Å². The monoisotopic (exact) mass is 360 g/mol. The van der Waals surface area contributed by atoms with Gasteiger partial charge in [-0.1, -0.05) is 19.1 Å². The van der Waals surface area contributed by atoms with Crippen LogP contribution in [0.15, 0.2) is 24.3 Å². The average molecular weight is 360 g/mol. The van der Waals surface area contributed by atoms with E-state index in [1.807, 2.05) is 0 Å². The standard InChI is InChI=1S/C20H25FN2O3/c1-13-8-10-20(11-9-13)23(19(25)15-4-2-3-5-16(15)21)17(12-26-20)18(24)22-14-6-7-14/h2-5,13-14,17H,6-12H2,1H3,(H,22,24). The third-order valence-electron chi connectivity index (χ3n) is 5.87. The summed E-state index contributed by atoms with van der Waals surface area (Å²) in [6.07, 6.45) is 5.17. The van der Waals surface area contributed by atoms with Crippen LogP contribution in [0.4, 0.5) is 4.39 Å². The molecular weight excluding hydrogens is 335 g/mol. The van der Waals surface area contributed by atoms with Crippen molar-refractivity contribution >= 4 is 11.8 Å². The topological polar surface area (TPSA) is 58.6 Å². The highest BCUT2D eigenvalue weighted by Crippen LogP contribution is 2.43. The van der Waals surface area contributed by atoms with Gasteiger partial charge in [0.1, 0.15) is 17.6 Å². The number of nitrogens with one attached hydrogen (secondary N) is 1. The molecule has 6 heteroatoms. The summed E-state index contributed by atoms with van der Waals surface area (Å²) >= 11 is 0. The van der Waals surface area contributed by atoms with E-state index in [1.54, 1.807) is 12.1 Å². The summed E-state index contributed by atoms with van der Waals surface area (Å²) in [7, 11) is 0. The van der Waals surface area contributed by atoms with Crippen molar-refractivity contribution in [2.24, 2.45) is 5.92 Å². The molecule has 4 rings (SSSR count). The van der Waals surface area contributed by atoms with E-state index in [2.05, 4.69) is 12.2 Å². The van der Waals surface area contributed by atoms with Crippen molar-refractivity contribution in [1.29, 1.82) is 0 Å². The fraction of sp³-hybridized carbons (Fsp3) is 0.600. The van der Waals surface area contributed by atoms with Gasteiger partial charge < -0.3 is 10.1 Å². The van der Waals surface area contributed by atoms with Crippen LogP contribution in [0.2, 0.25) is 0 Å². The molecule has 1 heterocycles. The molecule has 2 amide bonds. The second-order valence-electron chi connectivity index (χ2n) is 7.89. The smallest absolute Gasteiger partial charge is 0.259 e. The van der Waals surface area contributed by atoms with Crippen LogP contribution in [0.25, 0.3) is 0 Å². The highest BCUT2D eigenvalue weighted by atomic mass is 19.1. The van der Waals surface area contributed by atoms with Gasteiger partial charge in [-0.3, -0.25) is 14.5 Å². The van der Waals surface area contributed by atoms with Gasteiger partial charge in [-0.2, -0.15) is 0 Å². The third kappa shape index (κ3) is 3.11. The number of carbonyl (C=O) groups excluding carboxylic acids is 2. The summed E-state index contributed by atoms with van der Waals surface area (Å²) in [5.74, 6) is -0.641. The van der Waals surface area contributed by atoms with Crippen molar-refractivity contribution in [3.63, 3.8) is 0 Å². The van der Waals surface area contributed by atoms with E-state index in [9.17, 15) is 14.0 Å². The Bertz CT molecular complexity index is 711. The molecule has 0 aromatic heterocycles. The van der Waals surface area contributed by atoms with Gasteiger partial charge >= 0.3 is 0 Å². The molecule has 3 fully saturated rings. The maximum absolute atomic E-state index is 14.3. The maximum Gasteiger partial charge on any atom is 0.259 e. The fourth-order valence-corrected chi connectivity index (χ4v) is 4.07. The number of halogens is 1. The highest BCUT2D eigenvalue weighted by Gasteiger charge is 2.54. The van der Waals surface area contributed by atoms with Crippen LogP contribution in [0, 0.1) is 11.7 Å². The van der Waals surface area contributed by atoms with E-state index in [-0.39, 0.29) is 24.1 Å². The van der Waals surface area contributed by atoms with E-state index in [1.165, 1.54) is 17.0 Å². The van der Waals surface area contributed by atoms with Gasteiger partial charge in [-0.05, 0) is 56.6 Å². The number of nitrogens with zero attached hydrogens (tertiary/aromatic N) is 1. The Labute approximate surface area is 152 Å². The summed E-state index contributed by atoms with van der Waals surface area (Å²) < 4.78 is 20.4. The highest BCUT2D eigenvalue weighted by molar-refractivity contribution is 5.98. The Hall–Kier alpha value is -1.95. The molecule has 1 aromatic carbocycles. The van der Waals surface area contributed by atoms with Crippen molar-refractivity contribution < 1.29 is 18.7 Å². The molecule has 3 aliphatic rings. The minimum absolute atomic E-state index is 0.000203. The Morgan fingerprint density at radius 3 is 2.54 bits per heavy atom. The second-order valence-corrected chi connectivity index (χ2v) is 7.89. The summed E-state index contributed by atoms with van der Waals surface area (Å²) in [6, 6.07) is 5.46. The number of hydrogen-bond acceptors (Lipinski definition) is 3. The zero-order chi connectivity index (χ0) is 18.3. The zero-order valence-corrected chi connectivity index (χ0v) is 15.0. The predicted octanol–water partition coefficient (Wildman–Crippen LogP) is 2.85. The van der Waals surface area contributed by atoms with Gasteiger partial charge in [0.15, 0.2) is 0 Å². The summed E-state index contributed by atoms with van der Waals surface area (Å²) in [5.41, 5.74) is -0.794. The molecule has 26 heavy (non-hydrogen) atoms. The first-order chi connectivity index (χ1) is 12.5. The molecule has 1 atom stereocenters. The Morgan fingerprint density at radius 1 is 1.19 bits per heavy atom. The normalized spacial score (nSPS) is 31.2. The zero-order valence-electron chi connectivity index (χ0n) is 15.0. The summed E-state index contributed by atoms with van der Waals surface area (Å²) in [4.78, 5) is 27.5. The van der Waals surface area contributed by atoms with Crippen LogP contribution in [0.1, 0.15) is 55.8 Å². The molecule has 1 saturated heterocycles. The Balaban J connectivity index is 1.66. The predicted molar refractivity (Wildman–Crippen MR) is 93.8 cm³/mol. The Morgan fingerprint density at radius 2 is 1.88 bits per heavy atom. The molecule has 1 spiro atoms. The SMILES string of the molecule is CC1CCC2(CC1)OCC(C(=O)NC1CC1)N2C(=O)c1ccccc1F. The molecule has 140 valence electrons. The van der Waals surface area contributed by atoms with Crippen molar-refractivity contribution in [3.05, 3.63) is 35.6 Å². The van der Waals surface area contributed by atoms with Gasteiger partial charge in [-0.25, -0.2) is 4.39 Å². The number of benzene rings is 1. The van der Waals surface area contributed by atoms with E-state index in [4.69, 9.17) is 4.74 Å². The number of rotatable bonds is 3. The molecule has 2 saturated carbocycles. The van der Waals surface area contributed by atoms with Gasteiger partial charge in [0.25, 0.3) is 5.91 Å². The van der Waals surface area contributed by atoms with Crippen molar-refractivity contribution in [2.75, 3.05) is 6.61 Å². The van der Waals surface area contributed by atoms with E-state index in [0.717, 1.165) is 25.7 Å². The quantitative estimate of drug-likeness (QED) is 0.902. The number of hydrogen-bond donors (Lipinski definition) is 1. The second kappa shape index (κ2) is 6.65. The number of amides is 2. The molecule has 0 radical (unpaired) electrons. The molecule has 1 aliphatic heterocycles. The first-order valence-corrected chi connectivity index (χ1v) is 9.53. The molecule has 2 aliphatic carbocycles. The minimum Gasteiger partial charge on any atom is -0.353 e. The molecule has 1 aromatic rings. The van der Waals surface area contributed by atoms with E-state index in [0.29, 0.717) is 18.8 Å². The summed E-state index contributed by atoms with van der Waals surface area (Å²) in [6.45, 7) is 2.36. The van der Waals surface area contributed by atoms with Crippen LogP contribution in [0.3, 0.4) is 0 Å². The van der Waals surface area contributed by atoms with E-state index < -0.39 is 23.5 Å².